The van der Waals surface area contributed by atoms with Crippen LogP contribution in [0.25, 0.3) is 0 Å². The summed E-state index contributed by atoms with van der Waals surface area (Å²) in [5.74, 6) is 0.750. The Kier molecular flexibility index (Phi) is 3.28. The van der Waals surface area contributed by atoms with Crippen molar-refractivity contribution in [2.24, 2.45) is 0 Å². The Hall–Kier alpha value is 0.330. The van der Waals surface area contributed by atoms with Crippen molar-refractivity contribution in [3.8, 4) is 5.75 Å². The lowest BCUT2D eigenvalue weighted by Gasteiger charge is -2.04. The number of methoxy groups -OCH3 is 1. The molecule has 0 amide bonds. The molecule has 0 aromatic heterocycles. The molecule has 4 heteroatoms. The normalized spacial score (nSPS) is 9.82. The van der Waals surface area contributed by atoms with Crippen molar-refractivity contribution >= 4 is 45.8 Å². The SMILES string of the molecule is COc1ccc(Cl)c(Cl)c1I. The number of hydrogen-bond acceptors (Lipinski definition) is 1. The monoisotopic (exact) mass is 302 g/mol. The van der Waals surface area contributed by atoms with Gasteiger partial charge in [-0.05, 0) is 34.7 Å². The smallest absolute Gasteiger partial charge is 0.133 e. The first-order valence-corrected chi connectivity index (χ1v) is 4.67. The van der Waals surface area contributed by atoms with Crippen molar-refractivity contribution in [3.63, 3.8) is 0 Å². The number of rotatable bonds is 1. The second-order valence-corrected chi connectivity index (χ2v) is 3.74. The van der Waals surface area contributed by atoms with Gasteiger partial charge in [-0.25, -0.2) is 0 Å². The third-order valence-corrected chi connectivity index (χ3v) is 3.41. The highest BCUT2D eigenvalue weighted by Crippen LogP contribution is 2.33. The Labute approximate surface area is 88.8 Å². The van der Waals surface area contributed by atoms with Gasteiger partial charge >= 0.3 is 0 Å². The van der Waals surface area contributed by atoms with Crippen LogP contribution in [0, 0.1) is 3.57 Å². The van der Waals surface area contributed by atoms with E-state index in [1.54, 1.807) is 19.2 Å². The second-order valence-electron chi connectivity index (χ2n) is 1.88. The molecular formula is C7H5Cl2IO. The molecule has 1 nitrogen and oxygen atoms in total. The predicted octanol–water partition coefficient (Wildman–Crippen LogP) is 3.61. The highest BCUT2D eigenvalue weighted by molar-refractivity contribution is 14.1. The average molecular weight is 303 g/mol. The standard InChI is InChI=1S/C7H5Cl2IO/c1-11-5-3-2-4(8)6(9)7(5)10/h2-3H,1H3. The third kappa shape index (κ3) is 1.92. The van der Waals surface area contributed by atoms with E-state index in [1.807, 2.05) is 0 Å². The molecule has 0 saturated heterocycles. The molecule has 0 aliphatic carbocycles. The van der Waals surface area contributed by atoms with Crippen LogP contribution in [-0.2, 0) is 0 Å². The summed E-state index contributed by atoms with van der Waals surface area (Å²) >= 11 is 13.7. The second kappa shape index (κ2) is 3.83. The fourth-order valence-corrected chi connectivity index (χ4v) is 1.83. The fraction of sp³-hybridized carbons (Fsp3) is 0.143. The molecule has 0 bridgehead atoms. The maximum Gasteiger partial charge on any atom is 0.133 e. The maximum absolute atomic E-state index is 5.84. The first kappa shape index (κ1) is 9.42. The molecule has 0 fully saturated rings. The van der Waals surface area contributed by atoms with Crippen LogP contribution in [0.3, 0.4) is 0 Å². The summed E-state index contributed by atoms with van der Waals surface area (Å²) in [6.45, 7) is 0. The molecule has 0 spiro atoms. The van der Waals surface area contributed by atoms with Gasteiger partial charge in [-0.3, -0.25) is 0 Å². The van der Waals surface area contributed by atoms with Crippen LogP contribution >= 0.6 is 45.8 Å². The van der Waals surface area contributed by atoms with E-state index in [9.17, 15) is 0 Å². The van der Waals surface area contributed by atoms with Crippen LogP contribution in [0.2, 0.25) is 10.0 Å². The fourth-order valence-electron chi connectivity index (χ4n) is 0.666. The van der Waals surface area contributed by atoms with Gasteiger partial charge in [-0.1, -0.05) is 23.2 Å². The predicted molar refractivity (Wildman–Crippen MR) is 55.7 cm³/mol. The summed E-state index contributed by atoms with van der Waals surface area (Å²) in [5, 5.41) is 1.10. The number of halogens is 3. The van der Waals surface area contributed by atoms with Gasteiger partial charge in [-0.15, -0.1) is 0 Å². The minimum Gasteiger partial charge on any atom is -0.496 e. The van der Waals surface area contributed by atoms with Crippen LogP contribution in [0.5, 0.6) is 5.75 Å². The summed E-state index contributed by atoms with van der Waals surface area (Å²) in [7, 11) is 1.60. The molecule has 1 aromatic rings. The highest BCUT2D eigenvalue weighted by atomic mass is 127. The van der Waals surface area contributed by atoms with Crippen LogP contribution in [0.4, 0.5) is 0 Å². The van der Waals surface area contributed by atoms with Gasteiger partial charge in [0.05, 0.1) is 20.7 Å². The average Bonchev–Trinajstić information content (AvgIpc) is 2.01. The first-order chi connectivity index (χ1) is 5.16. The van der Waals surface area contributed by atoms with Gasteiger partial charge in [0.1, 0.15) is 5.75 Å². The van der Waals surface area contributed by atoms with E-state index < -0.39 is 0 Å². The lowest BCUT2D eigenvalue weighted by Crippen LogP contribution is -1.87. The molecule has 1 rings (SSSR count). The van der Waals surface area contributed by atoms with E-state index in [-0.39, 0.29) is 0 Å². The van der Waals surface area contributed by atoms with E-state index >= 15 is 0 Å². The minimum absolute atomic E-state index is 0.548. The summed E-state index contributed by atoms with van der Waals surface area (Å²) < 4.78 is 5.88. The highest BCUT2D eigenvalue weighted by Gasteiger charge is 2.07. The van der Waals surface area contributed by atoms with Crippen molar-refractivity contribution in [1.82, 2.24) is 0 Å². The largest absolute Gasteiger partial charge is 0.496 e. The van der Waals surface area contributed by atoms with Crippen LogP contribution in [-0.4, -0.2) is 7.11 Å². The lowest BCUT2D eigenvalue weighted by molar-refractivity contribution is 0.412. The number of benzene rings is 1. The molecule has 0 atom stereocenters. The maximum atomic E-state index is 5.84. The zero-order valence-electron chi connectivity index (χ0n) is 5.70. The summed E-state index contributed by atoms with van der Waals surface area (Å²) in [4.78, 5) is 0. The zero-order valence-corrected chi connectivity index (χ0v) is 9.37. The van der Waals surface area contributed by atoms with Crippen molar-refractivity contribution < 1.29 is 4.74 Å². The van der Waals surface area contributed by atoms with Crippen molar-refractivity contribution in [2.45, 2.75) is 0 Å². The molecule has 0 saturated carbocycles. The van der Waals surface area contributed by atoms with Gasteiger partial charge in [-0.2, -0.15) is 0 Å². The summed E-state index contributed by atoms with van der Waals surface area (Å²) in [5.41, 5.74) is 0. The third-order valence-electron chi connectivity index (χ3n) is 1.22. The van der Waals surface area contributed by atoms with Gasteiger partial charge in [0.2, 0.25) is 0 Å². The van der Waals surface area contributed by atoms with E-state index in [2.05, 4.69) is 22.6 Å². The molecule has 11 heavy (non-hydrogen) atoms. The van der Waals surface area contributed by atoms with Crippen molar-refractivity contribution in [3.05, 3.63) is 25.7 Å². The van der Waals surface area contributed by atoms with E-state index in [1.165, 1.54) is 0 Å². The quantitative estimate of drug-likeness (QED) is 0.569. The Balaban J connectivity index is 3.25. The molecule has 0 aliphatic rings. The Morgan fingerprint density at radius 3 is 2.55 bits per heavy atom. The molecule has 0 radical (unpaired) electrons. The summed E-state index contributed by atoms with van der Waals surface area (Å²) in [6.07, 6.45) is 0. The number of ether oxygens (including phenoxy) is 1. The number of hydrogen-bond donors (Lipinski definition) is 0. The first-order valence-electron chi connectivity index (χ1n) is 2.84. The summed E-state index contributed by atoms with van der Waals surface area (Å²) in [6, 6.07) is 3.50. The molecular weight excluding hydrogens is 298 g/mol. The van der Waals surface area contributed by atoms with Crippen LogP contribution in [0.1, 0.15) is 0 Å². The topological polar surface area (TPSA) is 9.23 Å². The Morgan fingerprint density at radius 2 is 2.00 bits per heavy atom. The van der Waals surface area contributed by atoms with Crippen LogP contribution in [0.15, 0.2) is 12.1 Å². The van der Waals surface area contributed by atoms with Crippen molar-refractivity contribution in [2.75, 3.05) is 7.11 Å². The molecule has 0 N–H and O–H groups in total. The molecule has 0 unspecified atom stereocenters. The van der Waals surface area contributed by atoms with Gasteiger partial charge in [0.25, 0.3) is 0 Å². The van der Waals surface area contributed by atoms with E-state index in [0.29, 0.717) is 10.0 Å². The van der Waals surface area contributed by atoms with Gasteiger partial charge in [0.15, 0.2) is 0 Å². The Bertz CT molecular complexity index is 275. The van der Waals surface area contributed by atoms with E-state index in [4.69, 9.17) is 27.9 Å². The Morgan fingerprint density at radius 1 is 1.36 bits per heavy atom. The molecule has 60 valence electrons. The lowest BCUT2D eigenvalue weighted by atomic mass is 10.3. The minimum atomic E-state index is 0.548. The molecule has 0 aliphatic heterocycles. The van der Waals surface area contributed by atoms with Gasteiger partial charge < -0.3 is 4.74 Å². The molecule has 0 heterocycles. The van der Waals surface area contributed by atoms with Gasteiger partial charge in [0, 0.05) is 0 Å². The van der Waals surface area contributed by atoms with Crippen LogP contribution < -0.4 is 4.74 Å². The van der Waals surface area contributed by atoms with Crippen molar-refractivity contribution in [1.29, 1.82) is 0 Å². The zero-order chi connectivity index (χ0) is 8.43. The molecule has 1 aromatic carbocycles. The van der Waals surface area contributed by atoms with E-state index in [0.717, 1.165) is 9.32 Å².